The molecule has 8 aromatic carbocycles. The van der Waals surface area contributed by atoms with Crippen molar-refractivity contribution in [1.29, 1.82) is 0 Å². The lowest BCUT2D eigenvalue weighted by molar-refractivity contribution is 1.77. The summed E-state index contributed by atoms with van der Waals surface area (Å²) in [7, 11) is 0. The van der Waals surface area contributed by atoms with Gasteiger partial charge < -0.3 is 0 Å². The Morgan fingerprint density at radius 2 is 0.306 bits per heavy atom. The quantitative estimate of drug-likeness (QED) is 0.199. The fourth-order valence-corrected chi connectivity index (χ4v) is 5.27. The second-order valence-electron chi connectivity index (χ2n) is 9.49. The molecule has 0 radical (unpaired) electrons. The topological polar surface area (TPSA) is 0 Å². The largest absolute Gasteiger partial charge is 0.0616 e. The molecule has 0 aliphatic heterocycles. The maximum absolute atomic E-state index is 2.27. The molecule has 36 heavy (non-hydrogen) atoms. The SMILES string of the molecule is c1ccc2cc3cc4ccccc4cc3cc2c1.c1ccc2cc3cc4ccccc4cc3cc2c1. The molecule has 0 heteroatoms. The fraction of sp³-hybridized carbons (Fsp3) is 0. The summed E-state index contributed by atoms with van der Waals surface area (Å²) >= 11 is 0. The normalized spacial score (nSPS) is 11.3. The number of benzene rings is 8. The second-order valence-corrected chi connectivity index (χ2v) is 9.49. The minimum atomic E-state index is 1.31. The molecule has 0 N–H and O–H groups in total. The Morgan fingerprint density at radius 1 is 0.167 bits per heavy atom. The average molecular weight is 457 g/mol. The predicted molar refractivity (Wildman–Crippen MR) is 158 cm³/mol. The third kappa shape index (κ3) is 3.74. The highest BCUT2D eigenvalue weighted by Crippen LogP contribution is 2.28. The lowest BCUT2D eigenvalue weighted by atomic mass is 10.00. The van der Waals surface area contributed by atoms with Crippen LogP contribution in [0.15, 0.2) is 146 Å². The van der Waals surface area contributed by atoms with Crippen LogP contribution in [0.25, 0.3) is 64.6 Å². The summed E-state index contributed by atoms with van der Waals surface area (Å²) in [6.07, 6.45) is 0. The van der Waals surface area contributed by atoms with Gasteiger partial charge in [0.2, 0.25) is 0 Å². The van der Waals surface area contributed by atoms with E-state index in [0.717, 1.165) is 0 Å². The molecular formula is C36H24. The van der Waals surface area contributed by atoms with E-state index in [-0.39, 0.29) is 0 Å². The van der Waals surface area contributed by atoms with E-state index in [9.17, 15) is 0 Å². The van der Waals surface area contributed by atoms with E-state index >= 15 is 0 Å². The van der Waals surface area contributed by atoms with Crippen LogP contribution in [-0.2, 0) is 0 Å². The van der Waals surface area contributed by atoms with E-state index in [4.69, 9.17) is 0 Å². The number of fused-ring (bicyclic) bond motifs is 6. The van der Waals surface area contributed by atoms with Gasteiger partial charge in [0.1, 0.15) is 0 Å². The van der Waals surface area contributed by atoms with Gasteiger partial charge in [-0.15, -0.1) is 0 Å². The van der Waals surface area contributed by atoms with Crippen LogP contribution in [0.2, 0.25) is 0 Å². The van der Waals surface area contributed by atoms with Gasteiger partial charge in [0.15, 0.2) is 0 Å². The Kier molecular flexibility index (Phi) is 4.89. The smallest absolute Gasteiger partial charge is 0.0171 e. The summed E-state index contributed by atoms with van der Waals surface area (Å²) in [5, 5.41) is 15.7. The Bertz CT molecular complexity index is 1610. The lowest BCUT2D eigenvalue weighted by Crippen LogP contribution is -1.78. The highest BCUT2D eigenvalue weighted by Gasteiger charge is 2.01. The van der Waals surface area contributed by atoms with Gasteiger partial charge in [0, 0.05) is 0 Å². The molecule has 168 valence electrons. The molecule has 8 rings (SSSR count). The maximum Gasteiger partial charge on any atom is -0.0171 e. The molecule has 0 spiro atoms. The average Bonchev–Trinajstić information content (AvgIpc) is 2.93. The van der Waals surface area contributed by atoms with E-state index in [0.29, 0.717) is 0 Å². The molecule has 0 unspecified atom stereocenters. The van der Waals surface area contributed by atoms with E-state index in [1.165, 1.54) is 64.6 Å². The molecule has 0 saturated heterocycles. The minimum absolute atomic E-state index is 1.31. The first-order valence-corrected chi connectivity index (χ1v) is 12.4. The van der Waals surface area contributed by atoms with Crippen LogP contribution >= 0.6 is 0 Å². The third-order valence-electron chi connectivity index (χ3n) is 7.14. The molecule has 0 heterocycles. The maximum atomic E-state index is 2.27. The Balaban J connectivity index is 0.000000122. The minimum Gasteiger partial charge on any atom is -0.0616 e. The summed E-state index contributed by atoms with van der Waals surface area (Å²) in [6, 6.07) is 52.3. The Hall–Kier alpha value is -4.68. The number of rotatable bonds is 0. The first-order valence-electron chi connectivity index (χ1n) is 12.4. The summed E-state index contributed by atoms with van der Waals surface area (Å²) < 4.78 is 0. The van der Waals surface area contributed by atoms with Gasteiger partial charge in [-0.25, -0.2) is 0 Å². The van der Waals surface area contributed by atoms with Crippen LogP contribution in [0, 0.1) is 0 Å². The molecular weight excluding hydrogens is 432 g/mol. The predicted octanol–water partition coefficient (Wildman–Crippen LogP) is 10.3. The van der Waals surface area contributed by atoms with Crippen molar-refractivity contribution >= 4 is 64.6 Å². The summed E-state index contributed by atoms with van der Waals surface area (Å²) in [6.45, 7) is 0. The van der Waals surface area contributed by atoms with Gasteiger partial charge in [-0.2, -0.15) is 0 Å². The first kappa shape index (κ1) is 20.7. The fourth-order valence-electron chi connectivity index (χ4n) is 5.27. The molecule has 0 aliphatic carbocycles. The molecule has 8 aromatic rings. The third-order valence-corrected chi connectivity index (χ3v) is 7.14. The highest BCUT2D eigenvalue weighted by atomic mass is 14.1. The van der Waals surface area contributed by atoms with Gasteiger partial charge in [-0.3, -0.25) is 0 Å². The zero-order valence-corrected chi connectivity index (χ0v) is 19.9. The molecule has 0 bridgehead atoms. The summed E-state index contributed by atoms with van der Waals surface area (Å²) in [5.41, 5.74) is 0. The highest BCUT2D eigenvalue weighted by molar-refractivity contribution is 6.05. The van der Waals surface area contributed by atoms with Crippen molar-refractivity contribution in [2.45, 2.75) is 0 Å². The van der Waals surface area contributed by atoms with Crippen LogP contribution in [0.3, 0.4) is 0 Å². The van der Waals surface area contributed by atoms with E-state index in [1.54, 1.807) is 0 Å². The van der Waals surface area contributed by atoms with Crippen LogP contribution in [-0.4, -0.2) is 0 Å². The van der Waals surface area contributed by atoms with Crippen molar-refractivity contribution < 1.29 is 0 Å². The van der Waals surface area contributed by atoms with Crippen LogP contribution in [0.4, 0.5) is 0 Å². The molecule has 0 atom stereocenters. The van der Waals surface area contributed by atoms with Gasteiger partial charge in [0.05, 0.1) is 0 Å². The monoisotopic (exact) mass is 456 g/mol. The van der Waals surface area contributed by atoms with Crippen LogP contribution in [0.5, 0.6) is 0 Å². The van der Waals surface area contributed by atoms with E-state index in [2.05, 4.69) is 146 Å². The molecule has 0 amide bonds. The second kappa shape index (κ2) is 8.52. The Labute approximate surface area is 210 Å². The molecule has 0 aliphatic rings. The van der Waals surface area contributed by atoms with Crippen molar-refractivity contribution in [3.63, 3.8) is 0 Å². The lowest BCUT2D eigenvalue weighted by Gasteiger charge is -2.04. The van der Waals surface area contributed by atoms with Crippen molar-refractivity contribution in [3.8, 4) is 0 Å². The first-order chi connectivity index (χ1) is 17.8. The number of hydrogen-bond donors (Lipinski definition) is 0. The van der Waals surface area contributed by atoms with Crippen molar-refractivity contribution in [2.75, 3.05) is 0 Å². The summed E-state index contributed by atoms with van der Waals surface area (Å²) in [4.78, 5) is 0. The van der Waals surface area contributed by atoms with Crippen LogP contribution in [0.1, 0.15) is 0 Å². The van der Waals surface area contributed by atoms with Crippen LogP contribution < -0.4 is 0 Å². The zero-order chi connectivity index (χ0) is 23.9. The van der Waals surface area contributed by atoms with Crippen molar-refractivity contribution in [1.82, 2.24) is 0 Å². The van der Waals surface area contributed by atoms with E-state index in [1.807, 2.05) is 0 Å². The molecule has 0 nitrogen and oxygen atoms in total. The number of hydrogen-bond acceptors (Lipinski definition) is 0. The van der Waals surface area contributed by atoms with Gasteiger partial charge in [0.25, 0.3) is 0 Å². The molecule has 0 fully saturated rings. The summed E-state index contributed by atoms with van der Waals surface area (Å²) in [5.74, 6) is 0. The molecule has 0 saturated carbocycles. The zero-order valence-electron chi connectivity index (χ0n) is 19.9. The van der Waals surface area contributed by atoms with Gasteiger partial charge in [-0.05, 0) is 113 Å². The van der Waals surface area contributed by atoms with Crippen molar-refractivity contribution in [2.24, 2.45) is 0 Å². The van der Waals surface area contributed by atoms with Gasteiger partial charge >= 0.3 is 0 Å². The molecule has 0 aromatic heterocycles. The standard InChI is InChI=1S/2C18H12/c2*1-2-6-14-10-18-12-16-8-4-3-7-15(16)11-17(18)9-13(14)5-1/h2*1-12H. The van der Waals surface area contributed by atoms with E-state index < -0.39 is 0 Å². The van der Waals surface area contributed by atoms with Crippen molar-refractivity contribution in [3.05, 3.63) is 146 Å². The van der Waals surface area contributed by atoms with Gasteiger partial charge in [-0.1, -0.05) is 97.1 Å². The Morgan fingerprint density at radius 3 is 0.444 bits per heavy atom.